The minimum absolute atomic E-state index is 0.957. The van der Waals surface area contributed by atoms with Crippen molar-refractivity contribution in [1.82, 2.24) is 0 Å². The van der Waals surface area contributed by atoms with Crippen LogP contribution in [0.25, 0.3) is 10.8 Å². The maximum absolute atomic E-state index is 3.57. The molecule has 106 valence electrons. The Morgan fingerprint density at radius 1 is 0.810 bits per heavy atom. The van der Waals surface area contributed by atoms with E-state index in [1.54, 1.807) is 0 Å². The lowest BCUT2D eigenvalue weighted by molar-refractivity contribution is 1.03. The minimum Gasteiger partial charge on any atom is -0.384 e. The second-order valence-electron chi connectivity index (χ2n) is 5.56. The summed E-state index contributed by atoms with van der Waals surface area (Å²) in [6.07, 6.45) is 1.04. The van der Waals surface area contributed by atoms with Crippen molar-refractivity contribution < 1.29 is 0 Å². The monoisotopic (exact) mass is 275 g/mol. The fourth-order valence-electron chi connectivity index (χ4n) is 2.78. The van der Waals surface area contributed by atoms with Crippen LogP contribution in [-0.4, -0.2) is 6.54 Å². The lowest BCUT2D eigenvalue weighted by atomic mass is 10.0. The van der Waals surface area contributed by atoms with Crippen molar-refractivity contribution in [3.63, 3.8) is 0 Å². The smallest absolute Gasteiger partial charge is 0.0372 e. The molecule has 0 aliphatic rings. The first kappa shape index (κ1) is 13.7. The SMILES string of the molecule is Cc1cccc(NCCc2cccc3ccccc23)c1C. The van der Waals surface area contributed by atoms with Gasteiger partial charge in [0.15, 0.2) is 0 Å². The van der Waals surface area contributed by atoms with Crippen LogP contribution in [0.2, 0.25) is 0 Å². The van der Waals surface area contributed by atoms with Crippen LogP contribution in [0.5, 0.6) is 0 Å². The van der Waals surface area contributed by atoms with Gasteiger partial charge in [0.1, 0.15) is 0 Å². The summed E-state index contributed by atoms with van der Waals surface area (Å²) < 4.78 is 0. The molecule has 0 aromatic heterocycles. The number of fused-ring (bicyclic) bond motifs is 1. The predicted molar refractivity (Wildman–Crippen MR) is 92.1 cm³/mol. The molecule has 1 nitrogen and oxygen atoms in total. The van der Waals surface area contributed by atoms with E-state index in [0.29, 0.717) is 0 Å². The zero-order chi connectivity index (χ0) is 14.7. The Labute approximate surface area is 126 Å². The number of aryl methyl sites for hydroxylation is 1. The van der Waals surface area contributed by atoms with E-state index in [0.717, 1.165) is 13.0 Å². The highest BCUT2D eigenvalue weighted by molar-refractivity contribution is 5.85. The fourth-order valence-corrected chi connectivity index (χ4v) is 2.78. The summed E-state index contributed by atoms with van der Waals surface area (Å²) in [5.41, 5.74) is 5.33. The topological polar surface area (TPSA) is 12.0 Å². The summed E-state index contributed by atoms with van der Waals surface area (Å²) in [6.45, 7) is 5.29. The third-order valence-corrected chi connectivity index (χ3v) is 4.19. The Morgan fingerprint density at radius 2 is 1.57 bits per heavy atom. The molecule has 0 spiro atoms. The highest BCUT2D eigenvalue weighted by Gasteiger charge is 2.02. The van der Waals surface area contributed by atoms with Crippen molar-refractivity contribution in [2.45, 2.75) is 20.3 Å². The van der Waals surface area contributed by atoms with Gasteiger partial charge in [0, 0.05) is 12.2 Å². The molecule has 0 heterocycles. The maximum Gasteiger partial charge on any atom is 0.0372 e. The second-order valence-corrected chi connectivity index (χ2v) is 5.56. The summed E-state index contributed by atoms with van der Waals surface area (Å²) in [6, 6.07) is 21.6. The molecule has 0 aliphatic carbocycles. The molecule has 3 aromatic rings. The van der Waals surface area contributed by atoms with Crippen molar-refractivity contribution >= 4 is 16.5 Å². The maximum atomic E-state index is 3.57. The Morgan fingerprint density at radius 3 is 2.48 bits per heavy atom. The number of anilines is 1. The Hall–Kier alpha value is -2.28. The van der Waals surface area contributed by atoms with Crippen LogP contribution in [-0.2, 0) is 6.42 Å². The zero-order valence-corrected chi connectivity index (χ0v) is 12.7. The molecule has 0 aliphatic heterocycles. The van der Waals surface area contributed by atoms with Gasteiger partial charge in [-0.2, -0.15) is 0 Å². The molecule has 1 heteroatoms. The Bertz CT molecular complexity index is 753. The van der Waals surface area contributed by atoms with Crippen LogP contribution >= 0.6 is 0 Å². The van der Waals surface area contributed by atoms with Gasteiger partial charge in [-0.25, -0.2) is 0 Å². The van der Waals surface area contributed by atoms with Crippen LogP contribution in [0.4, 0.5) is 5.69 Å². The fraction of sp³-hybridized carbons (Fsp3) is 0.200. The van der Waals surface area contributed by atoms with E-state index in [1.807, 2.05) is 0 Å². The van der Waals surface area contributed by atoms with Gasteiger partial charge in [-0.1, -0.05) is 54.6 Å². The highest BCUT2D eigenvalue weighted by atomic mass is 14.9. The van der Waals surface area contributed by atoms with Crippen molar-refractivity contribution in [3.05, 3.63) is 77.4 Å². The molecule has 1 N–H and O–H groups in total. The van der Waals surface area contributed by atoms with Crippen LogP contribution in [0.3, 0.4) is 0 Å². The Kier molecular flexibility index (Phi) is 3.92. The van der Waals surface area contributed by atoms with Crippen molar-refractivity contribution in [1.29, 1.82) is 0 Å². The van der Waals surface area contributed by atoms with Crippen LogP contribution in [0.1, 0.15) is 16.7 Å². The van der Waals surface area contributed by atoms with Crippen LogP contribution < -0.4 is 5.32 Å². The van der Waals surface area contributed by atoms with E-state index >= 15 is 0 Å². The predicted octanol–water partition coefficient (Wildman–Crippen LogP) is 5.11. The van der Waals surface area contributed by atoms with Gasteiger partial charge in [-0.05, 0) is 53.8 Å². The van der Waals surface area contributed by atoms with E-state index < -0.39 is 0 Å². The van der Waals surface area contributed by atoms with E-state index in [-0.39, 0.29) is 0 Å². The van der Waals surface area contributed by atoms with Crippen LogP contribution in [0.15, 0.2) is 60.7 Å². The van der Waals surface area contributed by atoms with Gasteiger partial charge in [0.25, 0.3) is 0 Å². The van der Waals surface area contributed by atoms with Crippen LogP contribution in [0, 0.1) is 13.8 Å². The summed E-state index contributed by atoms with van der Waals surface area (Å²) in [7, 11) is 0. The van der Waals surface area contributed by atoms with Crippen molar-refractivity contribution in [3.8, 4) is 0 Å². The average molecular weight is 275 g/mol. The number of benzene rings is 3. The molecular formula is C20H21N. The van der Waals surface area contributed by atoms with Gasteiger partial charge in [0.05, 0.1) is 0 Å². The third kappa shape index (κ3) is 2.92. The first-order valence-electron chi connectivity index (χ1n) is 7.52. The Balaban J connectivity index is 1.74. The van der Waals surface area contributed by atoms with Gasteiger partial charge in [-0.3, -0.25) is 0 Å². The molecule has 3 aromatic carbocycles. The molecule has 3 rings (SSSR count). The average Bonchev–Trinajstić information content (AvgIpc) is 2.52. The van der Waals surface area contributed by atoms with E-state index in [2.05, 4.69) is 79.8 Å². The van der Waals surface area contributed by atoms with E-state index in [1.165, 1.54) is 33.2 Å². The van der Waals surface area contributed by atoms with Crippen molar-refractivity contribution in [2.75, 3.05) is 11.9 Å². The van der Waals surface area contributed by atoms with Gasteiger partial charge in [0.2, 0.25) is 0 Å². The summed E-state index contributed by atoms with van der Waals surface area (Å²) in [4.78, 5) is 0. The molecule has 0 saturated heterocycles. The summed E-state index contributed by atoms with van der Waals surface area (Å²) >= 11 is 0. The molecular weight excluding hydrogens is 254 g/mol. The summed E-state index contributed by atoms with van der Waals surface area (Å²) in [5, 5.41) is 6.25. The lowest BCUT2D eigenvalue weighted by Gasteiger charge is -2.12. The second kappa shape index (κ2) is 6.01. The largest absolute Gasteiger partial charge is 0.384 e. The molecule has 0 saturated carbocycles. The van der Waals surface area contributed by atoms with Gasteiger partial charge >= 0.3 is 0 Å². The molecule has 0 atom stereocenters. The van der Waals surface area contributed by atoms with Gasteiger partial charge in [-0.15, -0.1) is 0 Å². The first-order valence-corrected chi connectivity index (χ1v) is 7.52. The molecule has 0 radical (unpaired) electrons. The van der Waals surface area contributed by atoms with Gasteiger partial charge < -0.3 is 5.32 Å². The minimum atomic E-state index is 0.957. The molecule has 0 unspecified atom stereocenters. The highest BCUT2D eigenvalue weighted by Crippen LogP contribution is 2.20. The molecule has 0 bridgehead atoms. The van der Waals surface area contributed by atoms with Crippen molar-refractivity contribution in [2.24, 2.45) is 0 Å². The standard InChI is InChI=1S/C20H21N/c1-15-7-5-12-20(16(15)2)21-14-13-18-10-6-9-17-8-3-4-11-19(17)18/h3-12,21H,13-14H2,1-2H3. The van der Waals surface area contributed by atoms with E-state index in [4.69, 9.17) is 0 Å². The third-order valence-electron chi connectivity index (χ3n) is 4.19. The molecule has 21 heavy (non-hydrogen) atoms. The number of rotatable bonds is 4. The zero-order valence-electron chi connectivity index (χ0n) is 12.7. The van der Waals surface area contributed by atoms with E-state index in [9.17, 15) is 0 Å². The number of hydrogen-bond donors (Lipinski definition) is 1. The summed E-state index contributed by atoms with van der Waals surface area (Å²) in [5.74, 6) is 0. The number of hydrogen-bond acceptors (Lipinski definition) is 1. The number of nitrogens with one attached hydrogen (secondary N) is 1. The normalized spacial score (nSPS) is 10.8. The lowest BCUT2D eigenvalue weighted by Crippen LogP contribution is -2.06. The molecule has 0 fully saturated rings. The first-order chi connectivity index (χ1) is 10.3. The quantitative estimate of drug-likeness (QED) is 0.697. The molecule has 0 amide bonds.